The maximum absolute atomic E-state index is 10.4. The summed E-state index contributed by atoms with van der Waals surface area (Å²) in [6.07, 6.45) is 4.08. The molecule has 1 aliphatic rings. The third-order valence-corrected chi connectivity index (χ3v) is 4.30. The molecule has 1 aromatic heterocycles. The number of nitriles is 1. The number of aromatic nitrogens is 1. The lowest BCUT2D eigenvalue weighted by molar-refractivity contribution is -0.193. The van der Waals surface area contributed by atoms with Crippen LogP contribution < -0.4 is 10.6 Å². The molecule has 1 fully saturated rings. The first kappa shape index (κ1) is 17.5. The number of nitrogens with one attached hydrogen (secondary N) is 2. The summed E-state index contributed by atoms with van der Waals surface area (Å²) >= 11 is 5.76. The van der Waals surface area contributed by atoms with Gasteiger partial charge >= 0.3 is 0 Å². The highest BCUT2D eigenvalue weighted by molar-refractivity contribution is 6.29. The van der Waals surface area contributed by atoms with Crippen LogP contribution in [0.5, 0.6) is 0 Å². The molecule has 1 saturated heterocycles. The van der Waals surface area contributed by atoms with Crippen LogP contribution in [0.25, 0.3) is 0 Å². The topological polar surface area (TPSA) is 96.6 Å². The molecule has 2 rings (SSSR count). The lowest BCUT2D eigenvalue weighted by Gasteiger charge is -2.34. The van der Waals surface area contributed by atoms with Crippen molar-refractivity contribution in [3.63, 3.8) is 0 Å². The Balaban J connectivity index is 2.25. The summed E-state index contributed by atoms with van der Waals surface area (Å²) in [5, 5.41) is 26.6. The summed E-state index contributed by atoms with van der Waals surface area (Å²) < 4.78 is 0. The number of anilines is 1. The normalized spacial score (nSPS) is 23.3. The highest BCUT2D eigenvalue weighted by Crippen LogP contribution is 2.40. The average molecular weight is 337 g/mol. The van der Waals surface area contributed by atoms with Crippen LogP contribution in [0.2, 0.25) is 5.15 Å². The van der Waals surface area contributed by atoms with Crippen LogP contribution in [-0.4, -0.2) is 38.3 Å². The fourth-order valence-corrected chi connectivity index (χ4v) is 2.94. The first-order valence-electron chi connectivity index (χ1n) is 7.27. The number of nitrogens with zero attached hydrogens (tertiary/aromatic N) is 4. The zero-order valence-corrected chi connectivity index (χ0v) is 14.4. The summed E-state index contributed by atoms with van der Waals surface area (Å²) in [6.45, 7) is 7.75. The molecule has 124 valence electrons. The van der Waals surface area contributed by atoms with Crippen molar-refractivity contribution in [1.29, 1.82) is 5.26 Å². The van der Waals surface area contributed by atoms with Crippen LogP contribution >= 0.6 is 11.6 Å². The summed E-state index contributed by atoms with van der Waals surface area (Å²) in [6, 6.07) is 3.20. The van der Waals surface area contributed by atoms with E-state index in [-0.39, 0.29) is 6.04 Å². The van der Waals surface area contributed by atoms with Gasteiger partial charge in [0.2, 0.25) is 5.96 Å². The first-order valence-corrected chi connectivity index (χ1v) is 7.65. The molecule has 0 radical (unpaired) electrons. The highest BCUT2D eigenvalue weighted by atomic mass is 35.5. The molecular formula is C15H21ClN6O. The fraction of sp³-hybridized carbons (Fsp3) is 0.533. The van der Waals surface area contributed by atoms with Crippen LogP contribution in [0.1, 0.15) is 34.1 Å². The van der Waals surface area contributed by atoms with Gasteiger partial charge < -0.3 is 10.5 Å². The van der Waals surface area contributed by atoms with Crippen LogP contribution in [-0.2, 0) is 0 Å². The van der Waals surface area contributed by atoms with E-state index in [0.717, 1.165) is 0 Å². The standard InChI is InChI=1S/C15H21ClN6O/c1-14(2)7-11(15(3,4)22(14)23)21-13(19-9-17)20-10-5-6-12(16)18-8-10/h5-6,8,11,23H,7H2,1-4H3,(H2,19,20,21). The summed E-state index contributed by atoms with van der Waals surface area (Å²) in [5.41, 5.74) is -0.282. The van der Waals surface area contributed by atoms with Gasteiger partial charge in [-0.2, -0.15) is 10.3 Å². The Labute approximate surface area is 140 Å². The van der Waals surface area contributed by atoms with Gasteiger partial charge in [0.25, 0.3) is 0 Å². The second kappa shape index (κ2) is 6.32. The van der Waals surface area contributed by atoms with Crippen LogP contribution in [0, 0.1) is 11.5 Å². The molecule has 0 saturated carbocycles. The van der Waals surface area contributed by atoms with Gasteiger partial charge in [-0.1, -0.05) is 11.6 Å². The third-order valence-electron chi connectivity index (χ3n) is 4.08. The monoisotopic (exact) mass is 336 g/mol. The van der Waals surface area contributed by atoms with E-state index >= 15 is 0 Å². The lowest BCUT2D eigenvalue weighted by atomic mass is 9.95. The number of pyridine rings is 1. The van der Waals surface area contributed by atoms with E-state index in [1.165, 1.54) is 5.06 Å². The molecular weight excluding hydrogens is 316 g/mol. The predicted octanol–water partition coefficient (Wildman–Crippen LogP) is 2.59. The Bertz CT molecular complexity index is 634. The van der Waals surface area contributed by atoms with Crippen molar-refractivity contribution in [2.75, 3.05) is 5.32 Å². The molecule has 7 nitrogen and oxygen atoms in total. The molecule has 1 aromatic rings. The lowest BCUT2D eigenvalue weighted by Crippen LogP contribution is -2.48. The predicted molar refractivity (Wildman–Crippen MR) is 89.2 cm³/mol. The Morgan fingerprint density at radius 3 is 2.65 bits per heavy atom. The van der Waals surface area contributed by atoms with Gasteiger partial charge in [-0.25, -0.2) is 9.98 Å². The molecule has 8 heteroatoms. The van der Waals surface area contributed by atoms with Crippen molar-refractivity contribution in [3.05, 3.63) is 23.5 Å². The minimum Gasteiger partial charge on any atom is -0.324 e. The van der Waals surface area contributed by atoms with Crippen LogP contribution in [0.4, 0.5) is 5.69 Å². The molecule has 1 atom stereocenters. The van der Waals surface area contributed by atoms with Gasteiger partial charge in [-0.15, -0.1) is 0 Å². The summed E-state index contributed by atoms with van der Waals surface area (Å²) in [5.74, 6) is 0.306. The number of hydrogen-bond donors (Lipinski definition) is 3. The molecule has 1 aliphatic heterocycles. The van der Waals surface area contributed by atoms with Crippen molar-refractivity contribution in [2.45, 2.75) is 51.2 Å². The number of halogens is 1. The zero-order valence-electron chi connectivity index (χ0n) is 13.6. The Kier molecular flexibility index (Phi) is 4.80. The van der Waals surface area contributed by atoms with Gasteiger partial charge in [0.15, 0.2) is 6.19 Å². The minimum atomic E-state index is -0.550. The van der Waals surface area contributed by atoms with Gasteiger partial charge in [-0.3, -0.25) is 5.32 Å². The van der Waals surface area contributed by atoms with E-state index in [1.54, 1.807) is 18.3 Å². The second-order valence-electron chi connectivity index (χ2n) is 6.71. The van der Waals surface area contributed by atoms with Crippen LogP contribution in [0.3, 0.4) is 0 Å². The minimum absolute atomic E-state index is 0.189. The first-order chi connectivity index (χ1) is 10.7. The second-order valence-corrected chi connectivity index (χ2v) is 7.09. The number of rotatable bonds is 2. The van der Waals surface area contributed by atoms with Crippen molar-refractivity contribution in [3.8, 4) is 6.19 Å². The van der Waals surface area contributed by atoms with E-state index in [4.69, 9.17) is 16.9 Å². The average Bonchev–Trinajstić information content (AvgIpc) is 2.62. The molecule has 3 N–H and O–H groups in total. The zero-order chi connectivity index (χ0) is 17.3. The molecule has 23 heavy (non-hydrogen) atoms. The fourth-order valence-electron chi connectivity index (χ4n) is 2.83. The van der Waals surface area contributed by atoms with Gasteiger partial charge in [0.05, 0.1) is 23.5 Å². The van der Waals surface area contributed by atoms with E-state index in [1.807, 2.05) is 33.9 Å². The summed E-state index contributed by atoms with van der Waals surface area (Å²) in [7, 11) is 0. The van der Waals surface area contributed by atoms with E-state index in [9.17, 15) is 5.21 Å². The Hall–Kier alpha value is -1.88. The van der Waals surface area contributed by atoms with Crippen molar-refractivity contribution in [2.24, 2.45) is 4.99 Å². The molecule has 0 aromatic carbocycles. The van der Waals surface area contributed by atoms with E-state index in [2.05, 4.69) is 20.6 Å². The molecule has 0 spiro atoms. The molecule has 0 amide bonds. The summed E-state index contributed by atoms with van der Waals surface area (Å²) in [4.78, 5) is 8.57. The maximum Gasteiger partial charge on any atom is 0.209 e. The molecule has 1 unspecified atom stereocenters. The smallest absolute Gasteiger partial charge is 0.209 e. The number of hydrogen-bond acceptors (Lipinski definition) is 5. The Morgan fingerprint density at radius 1 is 1.48 bits per heavy atom. The van der Waals surface area contributed by atoms with Gasteiger partial charge in [0, 0.05) is 5.54 Å². The number of hydroxylamine groups is 2. The van der Waals surface area contributed by atoms with E-state index in [0.29, 0.717) is 23.2 Å². The van der Waals surface area contributed by atoms with Crippen molar-refractivity contribution >= 4 is 23.2 Å². The third kappa shape index (κ3) is 3.72. The van der Waals surface area contributed by atoms with Crippen molar-refractivity contribution < 1.29 is 5.21 Å². The molecule has 0 aliphatic carbocycles. The van der Waals surface area contributed by atoms with Gasteiger partial charge in [-0.05, 0) is 46.2 Å². The molecule has 2 heterocycles. The van der Waals surface area contributed by atoms with Crippen molar-refractivity contribution in [1.82, 2.24) is 15.4 Å². The van der Waals surface area contributed by atoms with Crippen LogP contribution in [0.15, 0.2) is 23.3 Å². The quantitative estimate of drug-likeness (QED) is 0.252. The SMILES string of the molecule is CC1(C)CC(N=C(NC#N)Nc2ccc(Cl)nc2)C(C)(C)N1O. The highest BCUT2D eigenvalue weighted by Gasteiger charge is 2.51. The van der Waals surface area contributed by atoms with E-state index < -0.39 is 11.1 Å². The Morgan fingerprint density at radius 2 is 2.17 bits per heavy atom. The largest absolute Gasteiger partial charge is 0.324 e. The van der Waals surface area contributed by atoms with Gasteiger partial charge in [0.1, 0.15) is 5.15 Å². The number of aliphatic imine (C=N–C) groups is 1. The maximum atomic E-state index is 10.4. The number of guanidine groups is 1. The molecule has 0 bridgehead atoms.